The first kappa shape index (κ1) is 13.5. The molecule has 0 spiro atoms. The number of rotatable bonds is 4. The zero-order valence-electron chi connectivity index (χ0n) is 9.41. The van der Waals surface area contributed by atoms with Gasteiger partial charge in [-0.15, -0.1) is 0 Å². The summed E-state index contributed by atoms with van der Waals surface area (Å²) in [5.74, 6) is 0. The molecule has 2 aromatic rings. The van der Waals surface area contributed by atoms with Crippen LogP contribution >= 0.6 is 49.9 Å². The molecule has 17 heavy (non-hydrogen) atoms. The molecule has 1 aromatic heterocycles. The molecule has 1 heterocycles. The summed E-state index contributed by atoms with van der Waals surface area (Å²) >= 11 is 7.68. The van der Waals surface area contributed by atoms with Crippen molar-refractivity contribution >= 4 is 49.9 Å². The third-order valence-electron chi connectivity index (χ3n) is 2.56. The molecular formula is C13H13BrINS. The van der Waals surface area contributed by atoms with Crippen LogP contribution in [0.5, 0.6) is 0 Å². The summed E-state index contributed by atoms with van der Waals surface area (Å²) in [4.78, 5) is 0. The Bertz CT molecular complexity index is 480. The van der Waals surface area contributed by atoms with Crippen molar-refractivity contribution in [2.45, 2.75) is 13.0 Å². The van der Waals surface area contributed by atoms with Crippen molar-refractivity contribution in [3.8, 4) is 0 Å². The first-order chi connectivity index (χ1) is 8.22. The SMILES string of the molecule is CCNC(c1ccc(I)cc1)c1cscc1Br. The summed E-state index contributed by atoms with van der Waals surface area (Å²) < 4.78 is 2.46. The van der Waals surface area contributed by atoms with Gasteiger partial charge in [-0.05, 0) is 73.7 Å². The molecule has 0 bridgehead atoms. The molecule has 90 valence electrons. The van der Waals surface area contributed by atoms with Crippen molar-refractivity contribution in [2.75, 3.05) is 6.54 Å². The van der Waals surface area contributed by atoms with Crippen molar-refractivity contribution < 1.29 is 0 Å². The maximum Gasteiger partial charge on any atom is 0.0596 e. The number of thiophene rings is 1. The van der Waals surface area contributed by atoms with Crippen LogP contribution in [0.15, 0.2) is 39.5 Å². The third-order valence-corrected chi connectivity index (χ3v) is 5.04. The maximum absolute atomic E-state index is 3.62. The minimum atomic E-state index is 0.276. The van der Waals surface area contributed by atoms with E-state index in [1.54, 1.807) is 11.3 Å². The second kappa shape index (κ2) is 6.31. The normalized spacial score (nSPS) is 12.6. The molecule has 1 aromatic carbocycles. The summed E-state index contributed by atoms with van der Waals surface area (Å²) in [6.45, 7) is 3.10. The molecular weight excluding hydrogens is 409 g/mol. The van der Waals surface area contributed by atoms with Gasteiger partial charge >= 0.3 is 0 Å². The Morgan fingerprint density at radius 3 is 2.53 bits per heavy atom. The Hall–Kier alpha value is 0.0900. The monoisotopic (exact) mass is 421 g/mol. The Labute approximate surface area is 128 Å². The Morgan fingerprint density at radius 1 is 1.29 bits per heavy atom. The van der Waals surface area contributed by atoms with Gasteiger partial charge < -0.3 is 5.32 Å². The lowest BCUT2D eigenvalue weighted by Crippen LogP contribution is -2.21. The lowest BCUT2D eigenvalue weighted by Gasteiger charge is -2.18. The van der Waals surface area contributed by atoms with Gasteiger partial charge in [0.1, 0.15) is 0 Å². The number of benzene rings is 1. The molecule has 0 aliphatic rings. The summed E-state index contributed by atoms with van der Waals surface area (Å²) in [6.07, 6.45) is 0. The molecule has 0 radical (unpaired) electrons. The van der Waals surface area contributed by atoms with E-state index in [4.69, 9.17) is 0 Å². The van der Waals surface area contributed by atoms with Gasteiger partial charge in [0.05, 0.1) is 6.04 Å². The standard InChI is InChI=1S/C13H13BrINS/c1-2-16-13(11-7-17-8-12(11)14)9-3-5-10(15)6-4-9/h3-8,13,16H,2H2,1H3. The van der Waals surface area contributed by atoms with Crippen LogP contribution in [-0.4, -0.2) is 6.54 Å². The van der Waals surface area contributed by atoms with Gasteiger partial charge in [0.15, 0.2) is 0 Å². The van der Waals surface area contributed by atoms with Crippen LogP contribution in [0.25, 0.3) is 0 Å². The van der Waals surface area contributed by atoms with Gasteiger partial charge in [-0.3, -0.25) is 0 Å². The highest BCUT2D eigenvalue weighted by atomic mass is 127. The predicted octanol–water partition coefficient (Wildman–Crippen LogP) is 4.81. The molecule has 0 aliphatic carbocycles. The summed E-state index contributed by atoms with van der Waals surface area (Å²) in [6, 6.07) is 8.97. The van der Waals surface area contributed by atoms with Gasteiger partial charge in [-0.2, -0.15) is 11.3 Å². The van der Waals surface area contributed by atoms with E-state index in [1.165, 1.54) is 19.2 Å². The molecule has 4 heteroatoms. The van der Waals surface area contributed by atoms with Crippen LogP contribution < -0.4 is 5.32 Å². The predicted molar refractivity (Wildman–Crippen MR) is 86.7 cm³/mol. The molecule has 2 rings (SSSR count). The largest absolute Gasteiger partial charge is 0.306 e. The number of hydrogen-bond donors (Lipinski definition) is 1. The highest BCUT2D eigenvalue weighted by molar-refractivity contribution is 14.1. The highest BCUT2D eigenvalue weighted by Crippen LogP contribution is 2.31. The van der Waals surface area contributed by atoms with Gasteiger partial charge in [0.25, 0.3) is 0 Å². The molecule has 1 N–H and O–H groups in total. The van der Waals surface area contributed by atoms with E-state index in [-0.39, 0.29) is 6.04 Å². The first-order valence-corrected chi connectivity index (χ1v) is 8.24. The second-order valence-corrected chi connectivity index (χ2v) is 6.56. The fourth-order valence-electron chi connectivity index (χ4n) is 1.76. The quantitative estimate of drug-likeness (QED) is 0.698. The smallest absolute Gasteiger partial charge is 0.0596 e. The molecule has 1 unspecified atom stereocenters. The third kappa shape index (κ3) is 3.30. The van der Waals surface area contributed by atoms with E-state index in [9.17, 15) is 0 Å². The zero-order valence-corrected chi connectivity index (χ0v) is 14.0. The Balaban J connectivity index is 2.35. The molecule has 0 aliphatic heterocycles. The Kier molecular flexibility index (Phi) is 5.02. The van der Waals surface area contributed by atoms with Crippen molar-refractivity contribution in [2.24, 2.45) is 0 Å². The second-order valence-electron chi connectivity index (χ2n) is 3.72. The molecule has 0 fully saturated rings. The van der Waals surface area contributed by atoms with Gasteiger partial charge in [-0.25, -0.2) is 0 Å². The molecule has 0 amide bonds. The molecule has 1 nitrogen and oxygen atoms in total. The van der Waals surface area contributed by atoms with Crippen LogP contribution in [0, 0.1) is 3.57 Å². The van der Waals surface area contributed by atoms with Crippen molar-refractivity contribution in [1.29, 1.82) is 0 Å². The van der Waals surface area contributed by atoms with Crippen LogP contribution in [0.1, 0.15) is 24.1 Å². The number of hydrogen-bond acceptors (Lipinski definition) is 2. The van der Waals surface area contributed by atoms with E-state index in [0.717, 1.165) is 6.54 Å². The van der Waals surface area contributed by atoms with Crippen LogP contribution in [0.3, 0.4) is 0 Å². The Morgan fingerprint density at radius 2 is 2.00 bits per heavy atom. The van der Waals surface area contributed by atoms with Gasteiger partial charge in [-0.1, -0.05) is 19.1 Å². The van der Waals surface area contributed by atoms with E-state index >= 15 is 0 Å². The maximum atomic E-state index is 3.62. The van der Waals surface area contributed by atoms with E-state index < -0.39 is 0 Å². The van der Waals surface area contributed by atoms with Crippen LogP contribution in [0.4, 0.5) is 0 Å². The fraction of sp³-hybridized carbons (Fsp3) is 0.231. The molecule has 0 saturated carbocycles. The molecule has 0 saturated heterocycles. The van der Waals surface area contributed by atoms with E-state index in [2.05, 4.69) is 85.8 Å². The van der Waals surface area contributed by atoms with Crippen LogP contribution in [-0.2, 0) is 0 Å². The summed E-state index contributed by atoms with van der Waals surface area (Å²) in [7, 11) is 0. The lowest BCUT2D eigenvalue weighted by molar-refractivity contribution is 0.630. The minimum absolute atomic E-state index is 0.276. The number of halogens is 2. The topological polar surface area (TPSA) is 12.0 Å². The average molecular weight is 422 g/mol. The zero-order chi connectivity index (χ0) is 12.3. The summed E-state index contributed by atoms with van der Waals surface area (Å²) in [5, 5.41) is 7.87. The first-order valence-electron chi connectivity index (χ1n) is 5.42. The van der Waals surface area contributed by atoms with E-state index in [0.29, 0.717) is 0 Å². The van der Waals surface area contributed by atoms with E-state index in [1.807, 2.05) is 0 Å². The minimum Gasteiger partial charge on any atom is -0.306 e. The van der Waals surface area contributed by atoms with Gasteiger partial charge in [0.2, 0.25) is 0 Å². The van der Waals surface area contributed by atoms with Gasteiger partial charge in [0, 0.05) is 13.4 Å². The lowest BCUT2D eigenvalue weighted by atomic mass is 10.0. The van der Waals surface area contributed by atoms with Crippen LogP contribution in [0.2, 0.25) is 0 Å². The highest BCUT2D eigenvalue weighted by Gasteiger charge is 2.16. The number of nitrogens with one attached hydrogen (secondary N) is 1. The van der Waals surface area contributed by atoms with Crippen molar-refractivity contribution in [1.82, 2.24) is 5.32 Å². The average Bonchev–Trinajstić information content (AvgIpc) is 2.74. The van der Waals surface area contributed by atoms with Crippen molar-refractivity contribution in [3.05, 3.63) is 54.2 Å². The fourth-order valence-corrected chi connectivity index (χ4v) is 3.68. The van der Waals surface area contributed by atoms with Crippen molar-refractivity contribution in [3.63, 3.8) is 0 Å². The molecule has 1 atom stereocenters. The summed E-state index contributed by atoms with van der Waals surface area (Å²) in [5.41, 5.74) is 2.63.